The minimum Gasteiger partial charge on any atom is -0.395 e. The van der Waals surface area contributed by atoms with E-state index >= 15 is 0 Å². The zero-order valence-corrected chi connectivity index (χ0v) is 10.9. The molecule has 0 aliphatic rings. The van der Waals surface area contributed by atoms with Crippen LogP contribution in [-0.2, 0) is 0 Å². The summed E-state index contributed by atoms with van der Waals surface area (Å²) in [6, 6.07) is 8.16. The first-order chi connectivity index (χ1) is 8.11. The van der Waals surface area contributed by atoms with Gasteiger partial charge in [-0.15, -0.1) is 0 Å². The topological polar surface area (TPSA) is 43.7 Å². The minimum absolute atomic E-state index is 0.120. The average Bonchev–Trinajstić information content (AvgIpc) is 2.34. The largest absolute Gasteiger partial charge is 0.395 e. The molecule has 0 aliphatic heterocycles. The summed E-state index contributed by atoms with van der Waals surface area (Å²) >= 11 is 0. The molecular weight excluding hydrogens is 214 g/mol. The number of aliphatic hydroxyl groups excluding tert-OH is 2. The van der Waals surface area contributed by atoms with Crippen molar-refractivity contribution < 1.29 is 10.2 Å². The summed E-state index contributed by atoms with van der Waals surface area (Å²) in [6.45, 7) is 6.85. The molecule has 1 rings (SSSR count). The third-order valence-electron chi connectivity index (χ3n) is 2.96. The maximum atomic E-state index is 10.0. The fourth-order valence-electron chi connectivity index (χ4n) is 2.02. The summed E-state index contributed by atoms with van der Waals surface area (Å²) in [4.78, 5) is 2.12. The van der Waals surface area contributed by atoms with Gasteiger partial charge in [0.2, 0.25) is 0 Å². The molecular formula is C14H23NO2. The fourth-order valence-corrected chi connectivity index (χ4v) is 2.02. The molecule has 0 heterocycles. The van der Waals surface area contributed by atoms with E-state index in [2.05, 4.69) is 18.7 Å². The standard InChI is InChI=1S/C14H23NO2/c1-4-14(17)12-7-5-6-8-13(12)15(9-10-16)11(2)3/h5-8,11,14,16-17H,4,9-10H2,1-3H3. The number of hydrogen-bond acceptors (Lipinski definition) is 3. The van der Waals surface area contributed by atoms with Crippen LogP contribution in [0.4, 0.5) is 5.69 Å². The van der Waals surface area contributed by atoms with Crippen LogP contribution in [0.5, 0.6) is 0 Å². The summed E-state index contributed by atoms with van der Waals surface area (Å²) in [6.07, 6.45) is 0.258. The summed E-state index contributed by atoms with van der Waals surface area (Å²) in [5.41, 5.74) is 1.96. The van der Waals surface area contributed by atoms with E-state index in [-0.39, 0.29) is 6.61 Å². The molecule has 96 valence electrons. The highest BCUT2D eigenvalue weighted by Crippen LogP contribution is 2.29. The highest BCUT2D eigenvalue weighted by Gasteiger charge is 2.17. The van der Waals surface area contributed by atoms with Gasteiger partial charge < -0.3 is 15.1 Å². The molecule has 0 aliphatic carbocycles. The fraction of sp³-hybridized carbons (Fsp3) is 0.571. The van der Waals surface area contributed by atoms with Crippen LogP contribution in [0, 0.1) is 0 Å². The molecule has 0 amide bonds. The van der Waals surface area contributed by atoms with Crippen LogP contribution in [0.1, 0.15) is 38.9 Å². The lowest BCUT2D eigenvalue weighted by atomic mass is 10.0. The third-order valence-corrected chi connectivity index (χ3v) is 2.96. The Hall–Kier alpha value is -1.06. The molecule has 3 heteroatoms. The van der Waals surface area contributed by atoms with Crippen molar-refractivity contribution >= 4 is 5.69 Å². The Morgan fingerprint density at radius 3 is 2.41 bits per heavy atom. The Morgan fingerprint density at radius 2 is 1.88 bits per heavy atom. The van der Waals surface area contributed by atoms with Gasteiger partial charge in [-0.1, -0.05) is 25.1 Å². The van der Waals surface area contributed by atoms with E-state index in [9.17, 15) is 5.11 Å². The molecule has 1 aromatic carbocycles. The van der Waals surface area contributed by atoms with Crippen LogP contribution in [0.3, 0.4) is 0 Å². The van der Waals surface area contributed by atoms with Crippen molar-refractivity contribution in [2.45, 2.75) is 39.3 Å². The van der Waals surface area contributed by atoms with Gasteiger partial charge in [-0.25, -0.2) is 0 Å². The van der Waals surface area contributed by atoms with Crippen molar-refractivity contribution in [3.63, 3.8) is 0 Å². The molecule has 1 atom stereocenters. The maximum Gasteiger partial charge on any atom is 0.0807 e. The predicted molar refractivity (Wildman–Crippen MR) is 71.3 cm³/mol. The lowest BCUT2D eigenvalue weighted by molar-refractivity contribution is 0.174. The van der Waals surface area contributed by atoms with Crippen molar-refractivity contribution in [3.05, 3.63) is 29.8 Å². The first-order valence-electron chi connectivity index (χ1n) is 6.26. The highest BCUT2D eigenvalue weighted by molar-refractivity contribution is 5.55. The van der Waals surface area contributed by atoms with Crippen LogP contribution >= 0.6 is 0 Å². The molecule has 1 unspecified atom stereocenters. The molecule has 0 aromatic heterocycles. The van der Waals surface area contributed by atoms with Crippen LogP contribution in [0.25, 0.3) is 0 Å². The van der Waals surface area contributed by atoms with E-state index in [0.29, 0.717) is 19.0 Å². The monoisotopic (exact) mass is 237 g/mol. The Labute approximate surface area is 104 Å². The predicted octanol–water partition coefficient (Wildman–Crippen LogP) is 2.34. The second kappa shape index (κ2) is 6.62. The average molecular weight is 237 g/mol. The lowest BCUT2D eigenvalue weighted by Crippen LogP contribution is -2.34. The summed E-state index contributed by atoms with van der Waals surface area (Å²) in [7, 11) is 0. The number of hydrogen-bond donors (Lipinski definition) is 2. The van der Waals surface area contributed by atoms with Crippen LogP contribution in [0.2, 0.25) is 0 Å². The van der Waals surface area contributed by atoms with E-state index in [4.69, 9.17) is 5.11 Å². The Bertz CT molecular complexity index is 339. The van der Waals surface area contributed by atoms with Gasteiger partial charge in [0, 0.05) is 23.8 Å². The van der Waals surface area contributed by atoms with E-state index in [1.165, 1.54) is 0 Å². The number of anilines is 1. The Kier molecular flexibility index (Phi) is 5.45. The van der Waals surface area contributed by atoms with E-state index in [0.717, 1.165) is 11.3 Å². The van der Waals surface area contributed by atoms with Crippen molar-refractivity contribution in [3.8, 4) is 0 Å². The van der Waals surface area contributed by atoms with Gasteiger partial charge in [0.25, 0.3) is 0 Å². The van der Waals surface area contributed by atoms with Crippen LogP contribution in [-0.4, -0.2) is 29.4 Å². The Balaban J connectivity index is 3.09. The number of rotatable bonds is 6. The van der Waals surface area contributed by atoms with Gasteiger partial charge in [0.1, 0.15) is 0 Å². The van der Waals surface area contributed by atoms with Crippen LogP contribution in [0.15, 0.2) is 24.3 Å². The smallest absolute Gasteiger partial charge is 0.0807 e. The SMILES string of the molecule is CCC(O)c1ccccc1N(CCO)C(C)C. The summed E-state index contributed by atoms with van der Waals surface area (Å²) < 4.78 is 0. The zero-order chi connectivity index (χ0) is 12.8. The zero-order valence-electron chi connectivity index (χ0n) is 10.9. The van der Waals surface area contributed by atoms with Gasteiger partial charge in [0.15, 0.2) is 0 Å². The summed E-state index contributed by atoms with van der Waals surface area (Å²) in [5, 5.41) is 19.1. The molecule has 17 heavy (non-hydrogen) atoms. The molecule has 0 fully saturated rings. The number of aliphatic hydroxyl groups is 2. The minimum atomic E-state index is -0.439. The molecule has 1 aromatic rings. The summed E-state index contributed by atoms with van der Waals surface area (Å²) in [5.74, 6) is 0. The van der Waals surface area contributed by atoms with Crippen molar-refractivity contribution in [1.82, 2.24) is 0 Å². The normalized spacial score (nSPS) is 12.8. The molecule has 3 nitrogen and oxygen atoms in total. The lowest BCUT2D eigenvalue weighted by Gasteiger charge is -2.31. The molecule has 0 bridgehead atoms. The quantitative estimate of drug-likeness (QED) is 0.798. The van der Waals surface area contributed by atoms with Gasteiger partial charge in [0.05, 0.1) is 12.7 Å². The Morgan fingerprint density at radius 1 is 1.24 bits per heavy atom. The van der Waals surface area contributed by atoms with Crippen LogP contribution < -0.4 is 4.90 Å². The van der Waals surface area contributed by atoms with Gasteiger partial charge >= 0.3 is 0 Å². The van der Waals surface area contributed by atoms with E-state index in [1.54, 1.807) is 0 Å². The van der Waals surface area contributed by atoms with Gasteiger partial charge in [-0.05, 0) is 26.3 Å². The van der Waals surface area contributed by atoms with Crippen molar-refractivity contribution in [2.24, 2.45) is 0 Å². The molecule has 0 saturated carbocycles. The first-order valence-corrected chi connectivity index (χ1v) is 6.26. The molecule has 0 radical (unpaired) electrons. The maximum absolute atomic E-state index is 10.0. The number of benzene rings is 1. The van der Waals surface area contributed by atoms with Gasteiger partial charge in [-0.2, -0.15) is 0 Å². The molecule has 0 spiro atoms. The van der Waals surface area contributed by atoms with E-state index < -0.39 is 6.10 Å². The second-order valence-corrected chi connectivity index (χ2v) is 4.49. The molecule has 0 saturated heterocycles. The van der Waals surface area contributed by atoms with Crippen molar-refractivity contribution in [2.75, 3.05) is 18.1 Å². The third kappa shape index (κ3) is 3.45. The number of para-hydroxylation sites is 1. The van der Waals surface area contributed by atoms with E-state index in [1.807, 2.05) is 31.2 Å². The highest BCUT2D eigenvalue weighted by atomic mass is 16.3. The molecule has 2 N–H and O–H groups in total. The van der Waals surface area contributed by atoms with Gasteiger partial charge in [-0.3, -0.25) is 0 Å². The number of nitrogens with zero attached hydrogens (tertiary/aromatic N) is 1. The first kappa shape index (κ1) is 14.0. The second-order valence-electron chi connectivity index (χ2n) is 4.49. The van der Waals surface area contributed by atoms with Crippen molar-refractivity contribution in [1.29, 1.82) is 0 Å².